The van der Waals surface area contributed by atoms with Gasteiger partial charge in [0.25, 0.3) is 0 Å². The van der Waals surface area contributed by atoms with Gasteiger partial charge in [0.1, 0.15) is 0 Å². The maximum atomic E-state index is 11.7. The van der Waals surface area contributed by atoms with Gasteiger partial charge in [-0.2, -0.15) is 0 Å². The van der Waals surface area contributed by atoms with E-state index in [4.69, 9.17) is 4.74 Å². The fraction of sp³-hybridized carbons (Fsp3) is 0.294. The molecule has 0 unspecified atom stereocenters. The Kier molecular flexibility index (Phi) is 3.50. The Hall–Kier alpha value is -2.16. The minimum atomic E-state index is -0.0931. The molecule has 1 aromatic heterocycles. The first-order chi connectivity index (χ1) is 9.79. The van der Waals surface area contributed by atoms with Crippen LogP contribution in [0.1, 0.15) is 25.0 Å². The Balaban J connectivity index is 1.78. The number of hydrogen-bond acceptors (Lipinski definition) is 3. The molecular weight excluding hydrogens is 250 g/mol. The van der Waals surface area contributed by atoms with Crippen molar-refractivity contribution >= 4 is 5.97 Å². The highest BCUT2D eigenvalue weighted by Gasteiger charge is 2.46. The van der Waals surface area contributed by atoms with E-state index in [0.717, 1.165) is 23.4 Å². The fourth-order valence-corrected chi connectivity index (χ4v) is 2.46. The van der Waals surface area contributed by atoms with E-state index in [9.17, 15) is 4.79 Å². The molecule has 1 saturated carbocycles. The average Bonchev–Trinajstić information content (AvgIpc) is 3.29. The quantitative estimate of drug-likeness (QED) is 0.797. The van der Waals surface area contributed by atoms with Crippen molar-refractivity contribution in [2.75, 3.05) is 6.61 Å². The standard InChI is InChI=1S/C17H17NO2/c1-2-20-17(19)14-11-13(14)16-10-6-9-15(18-16)12-7-4-3-5-8-12/h3-10,13-14H,2,11H2,1H3/t13-,14+/m1/s1. The van der Waals surface area contributed by atoms with Crippen LogP contribution in [-0.2, 0) is 9.53 Å². The summed E-state index contributed by atoms with van der Waals surface area (Å²) in [5.41, 5.74) is 3.05. The van der Waals surface area contributed by atoms with Crippen LogP contribution >= 0.6 is 0 Å². The van der Waals surface area contributed by atoms with Crippen LogP contribution in [-0.4, -0.2) is 17.6 Å². The molecule has 0 N–H and O–H groups in total. The van der Waals surface area contributed by atoms with Crippen LogP contribution in [0, 0.1) is 5.92 Å². The normalized spacial score (nSPS) is 20.4. The second kappa shape index (κ2) is 5.45. The molecule has 3 heteroatoms. The van der Waals surface area contributed by atoms with Crippen molar-refractivity contribution in [1.82, 2.24) is 4.98 Å². The first kappa shape index (κ1) is 12.9. The van der Waals surface area contributed by atoms with Gasteiger partial charge in [-0.1, -0.05) is 36.4 Å². The molecule has 0 spiro atoms. The third-order valence-corrected chi connectivity index (χ3v) is 3.60. The highest BCUT2D eigenvalue weighted by molar-refractivity contribution is 5.77. The van der Waals surface area contributed by atoms with Gasteiger partial charge in [0.15, 0.2) is 0 Å². The Morgan fingerprint density at radius 1 is 1.20 bits per heavy atom. The van der Waals surface area contributed by atoms with Crippen LogP contribution in [0.25, 0.3) is 11.3 Å². The van der Waals surface area contributed by atoms with Crippen LogP contribution in [0.15, 0.2) is 48.5 Å². The summed E-state index contributed by atoms with van der Waals surface area (Å²) in [5, 5.41) is 0. The van der Waals surface area contributed by atoms with E-state index in [2.05, 4.69) is 4.98 Å². The number of nitrogens with zero attached hydrogens (tertiary/aromatic N) is 1. The van der Waals surface area contributed by atoms with Crippen molar-refractivity contribution in [2.24, 2.45) is 5.92 Å². The molecule has 1 aromatic carbocycles. The lowest BCUT2D eigenvalue weighted by atomic mass is 10.1. The average molecular weight is 267 g/mol. The summed E-state index contributed by atoms with van der Waals surface area (Å²) >= 11 is 0. The molecule has 0 bridgehead atoms. The van der Waals surface area contributed by atoms with Crippen molar-refractivity contribution in [2.45, 2.75) is 19.3 Å². The molecule has 1 fully saturated rings. The summed E-state index contributed by atoms with van der Waals surface area (Å²) in [7, 11) is 0. The lowest BCUT2D eigenvalue weighted by Gasteiger charge is -2.04. The lowest BCUT2D eigenvalue weighted by Crippen LogP contribution is -2.07. The summed E-state index contributed by atoms with van der Waals surface area (Å²) in [6.07, 6.45) is 0.851. The smallest absolute Gasteiger partial charge is 0.309 e. The molecule has 102 valence electrons. The Morgan fingerprint density at radius 3 is 2.75 bits per heavy atom. The van der Waals surface area contributed by atoms with Gasteiger partial charge < -0.3 is 4.74 Å². The molecule has 0 aliphatic heterocycles. The topological polar surface area (TPSA) is 39.2 Å². The number of aromatic nitrogens is 1. The number of carbonyl (C=O) groups excluding carboxylic acids is 1. The molecule has 1 aliphatic carbocycles. The summed E-state index contributed by atoms with van der Waals surface area (Å²) in [5.74, 6) is 0.121. The van der Waals surface area contributed by atoms with Crippen LogP contribution in [0.5, 0.6) is 0 Å². The van der Waals surface area contributed by atoms with Gasteiger partial charge in [0.05, 0.1) is 18.2 Å². The van der Waals surface area contributed by atoms with E-state index < -0.39 is 0 Å². The van der Waals surface area contributed by atoms with E-state index in [1.807, 2.05) is 55.5 Å². The molecule has 3 rings (SSSR count). The molecule has 2 atom stereocenters. The monoisotopic (exact) mass is 267 g/mol. The van der Waals surface area contributed by atoms with Gasteiger partial charge in [-0.05, 0) is 25.5 Å². The summed E-state index contributed by atoms with van der Waals surface area (Å²) in [6.45, 7) is 2.28. The number of pyridine rings is 1. The van der Waals surface area contributed by atoms with Crippen molar-refractivity contribution in [3.63, 3.8) is 0 Å². The van der Waals surface area contributed by atoms with Gasteiger partial charge in [0.2, 0.25) is 0 Å². The number of benzene rings is 1. The number of hydrogen-bond donors (Lipinski definition) is 0. The zero-order valence-corrected chi connectivity index (χ0v) is 11.5. The number of rotatable bonds is 4. The van der Waals surface area contributed by atoms with Gasteiger partial charge in [0, 0.05) is 17.2 Å². The third kappa shape index (κ3) is 2.57. The minimum Gasteiger partial charge on any atom is -0.466 e. The van der Waals surface area contributed by atoms with E-state index >= 15 is 0 Å². The summed E-state index contributed by atoms with van der Waals surface area (Å²) < 4.78 is 5.07. The molecule has 20 heavy (non-hydrogen) atoms. The second-order valence-electron chi connectivity index (χ2n) is 5.01. The number of carbonyl (C=O) groups is 1. The number of esters is 1. The van der Waals surface area contributed by atoms with E-state index in [1.54, 1.807) is 0 Å². The lowest BCUT2D eigenvalue weighted by molar-refractivity contribution is -0.144. The predicted octanol–water partition coefficient (Wildman–Crippen LogP) is 3.42. The molecule has 0 amide bonds. The maximum absolute atomic E-state index is 11.7. The van der Waals surface area contributed by atoms with E-state index in [-0.39, 0.29) is 17.8 Å². The molecule has 2 aromatic rings. The zero-order valence-electron chi connectivity index (χ0n) is 11.5. The first-order valence-electron chi connectivity index (χ1n) is 6.98. The molecule has 1 aliphatic rings. The van der Waals surface area contributed by atoms with Crippen LogP contribution in [0.4, 0.5) is 0 Å². The zero-order chi connectivity index (χ0) is 13.9. The van der Waals surface area contributed by atoms with Crippen LogP contribution < -0.4 is 0 Å². The minimum absolute atomic E-state index is 0.00604. The first-order valence-corrected chi connectivity index (χ1v) is 6.98. The summed E-state index contributed by atoms with van der Waals surface area (Å²) in [6, 6.07) is 16.1. The molecular formula is C17H17NO2. The van der Waals surface area contributed by atoms with Gasteiger partial charge >= 0.3 is 5.97 Å². The largest absolute Gasteiger partial charge is 0.466 e. The van der Waals surface area contributed by atoms with E-state index in [1.165, 1.54) is 0 Å². The highest BCUT2D eigenvalue weighted by atomic mass is 16.5. The fourth-order valence-electron chi connectivity index (χ4n) is 2.46. The SMILES string of the molecule is CCOC(=O)[C@H]1C[C@H]1c1cccc(-c2ccccc2)n1. The highest BCUT2D eigenvalue weighted by Crippen LogP contribution is 2.47. The van der Waals surface area contributed by atoms with Gasteiger partial charge in [-0.15, -0.1) is 0 Å². The predicted molar refractivity (Wildman–Crippen MR) is 77.2 cm³/mol. The molecule has 0 radical (unpaired) electrons. The molecule has 3 nitrogen and oxygen atoms in total. The second-order valence-corrected chi connectivity index (χ2v) is 5.01. The summed E-state index contributed by atoms with van der Waals surface area (Å²) in [4.78, 5) is 16.4. The Labute approximate surface area is 118 Å². The van der Waals surface area contributed by atoms with Crippen molar-refractivity contribution in [3.05, 3.63) is 54.2 Å². The third-order valence-electron chi connectivity index (χ3n) is 3.60. The van der Waals surface area contributed by atoms with Crippen molar-refractivity contribution in [1.29, 1.82) is 0 Å². The Morgan fingerprint density at radius 2 is 2.00 bits per heavy atom. The van der Waals surface area contributed by atoms with Crippen LogP contribution in [0.3, 0.4) is 0 Å². The van der Waals surface area contributed by atoms with E-state index in [0.29, 0.717) is 6.61 Å². The van der Waals surface area contributed by atoms with Crippen molar-refractivity contribution < 1.29 is 9.53 Å². The molecule has 0 saturated heterocycles. The molecule has 1 heterocycles. The van der Waals surface area contributed by atoms with Crippen LogP contribution in [0.2, 0.25) is 0 Å². The van der Waals surface area contributed by atoms with Gasteiger partial charge in [-0.25, -0.2) is 0 Å². The van der Waals surface area contributed by atoms with Crippen molar-refractivity contribution in [3.8, 4) is 11.3 Å². The maximum Gasteiger partial charge on any atom is 0.309 e. The number of ether oxygens (including phenoxy) is 1. The van der Waals surface area contributed by atoms with Gasteiger partial charge in [-0.3, -0.25) is 9.78 Å². The Bertz CT molecular complexity index is 609.